The Morgan fingerprint density at radius 3 is 2.39 bits per heavy atom. The number of carbonyl (C=O) groups is 2. The Hall–Kier alpha value is -3.68. The van der Waals surface area contributed by atoms with Crippen LogP contribution in [0.4, 0.5) is 10.5 Å². The van der Waals surface area contributed by atoms with E-state index >= 15 is 0 Å². The monoisotopic (exact) mass is 424 g/mol. The van der Waals surface area contributed by atoms with E-state index in [1.54, 1.807) is 23.5 Å². The molecular weight excluding hydrogens is 400 g/mol. The van der Waals surface area contributed by atoms with Gasteiger partial charge in [0.05, 0.1) is 12.3 Å². The van der Waals surface area contributed by atoms with Crippen LogP contribution in [0.15, 0.2) is 42.9 Å². The highest BCUT2D eigenvalue weighted by Crippen LogP contribution is 2.17. The van der Waals surface area contributed by atoms with Gasteiger partial charge in [0, 0.05) is 49.8 Å². The zero-order valence-electron chi connectivity index (χ0n) is 17.0. The van der Waals surface area contributed by atoms with E-state index < -0.39 is 24.1 Å². The van der Waals surface area contributed by atoms with Crippen molar-refractivity contribution in [1.29, 1.82) is 0 Å². The minimum Gasteiger partial charge on any atom is -0.391 e. The number of aliphatic hydroxyl groups excluding tert-OH is 1. The molecule has 162 valence electrons. The minimum absolute atomic E-state index is 0.452. The summed E-state index contributed by atoms with van der Waals surface area (Å²) in [7, 11) is 0. The molecule has 3 amide bonds. The van der Waals surface area contributed by atoms with Crippen molar-refractivity contribution in [2.24, 2.45) is 0 Å². The van der Waals surface area contributed by atoms with E-state index in [-0.39, 0.29) is 0 Å². The average Bonchev–Trinajstić information content (AvgIpc) is 2.81. The van der Waals surface area contributed by atoms with Gasteiger partial charge < -0.3 is 20.2 Å². The molecule has 0 aliphatic carbocycles. The van der Waals surface area contributed by atoms with Crippen LogP contribution < -0.4 is 15.7 Å². The molecule has 2 heterocycles. The van der Waals surface area contributed by atoms with E-state index in [2.05, 4.69) is 32.0 Å². The second-order valence-corrected chi connectivity index (χ2v) is 7.01. The smallest absolute Gasteiger partial charge is 0.318 e. The van der Waals surface area contributed by atoms with E-state index in [0.29, 0.717) is 31.9 Å². The van der Waals surface area contributed by atoms with Gasteiger partial charge in [0.15, 0.2) is 0 Å². The fraction of sp³-hybridized carbons (Fsp3) is 0.333. The van der Waals surface area contributed by atoms with Crippen molar-refractivity contribution in [3.63, 3.8) is 0 Å². The number of nitrogens with one attached hydrogen (secondary N) is 2. The normalized spacial score (nSPS) is 15.3. The van der Waals surface area contributed by atoms with Gasteiger partial charge >= 0.3 is 6.03 Å². The third-order valence-electron chi connectivity index (χ3n) is 4.85. The van der Waals surface area contributed by atoms with Crippen LogP contribution in [0.1, 0.15) is 18.2 Å². The largest absolute Gasteiger partial charge is 0.391 e. The van der Waals surface area contributed by atoms with Crippen LogP contribution in [0.3, 0.4) is 0 Å². The second-order valence-electron chi connectivity index (χ2n) is 7.01. The van der Waals surface area contributed by atoms with Gasteiger partial charge in [-0.1, -0.05) is 5.92 Å². The number of piperazine rings is 1. The summed E-state index contributed by atoms with van der Waals surface area (Å²) in [4.78, 5) is 35.8. The molecule has 2 atom stereocenters. The molecule has 0 spiro atoms. The van der Waals surface area contributed by atoms with Gasteiger partial charge in [0.25, 0.3) is 5.91 Å². The summed E-state index contributed by atoms with van der Waals surface area (Å²) in [6, 6.07) is 6.11. The molecule has 2 aromatic rings. The van der Waals surface area contributed by atoms with Crippen LogP contribution in [-0.2, 0) is 4.79 Å². The molecule has 31 heavy (non-hydrogen) atoms. The Kier molecular flexibility index (Phi) is 7.37. The van der Waals surface area contributed by atoms with Gasteiger partial charge in [-0.15, -0.1) is 0 Å². The van der Waals surface area contributed by atoms with Gasteiger partial charge in [-0.25, -0.2) is 15.3 Å². The fourth-order valence-electron chi connectivity index (χ4n) is 3.12. The maximum absolute atomic E-state index is 12.4. The van der Waals surface area contributed by atoms with E-state index in [4.69, 9.17) is 5.21 Å². The van der Waals surface area contributed by atoms with Crippen molar-refractivity contribution in [3.8, 4) is 11.8 Å². The quantitative estimate of drug-likeness (QED) is 0.308. The average molecular weight is 424 g/mol. The van der Waals surface area contributed by atoms with Crippen LogP contribution in [0.2, 0.25) is 0 Å². The first kappa shape index (κ1) is 22.0. The predicted molar refractivity (Wildman–Crippen MR) is 112 cm³/mol. The molecule has 1 aromatic heterocycles. The molecule has 0 bridgehead atoms. The molecular formula is C21H24N6O4. The number of hydrogen-bond acceptors (Lipinski definition) is 7. The summed E-state index contributed by atoms with van der Waals surface area (Å²) in [6.45, 7) is 3.49. The van der Waals surface area contributed by atoms with Crippen LogP contribution >= 0.6 is 0 Å². The number of aliphatic hydroxyl groups is 1. The highest BCUT2D eigenvalue weighted by atomic mass is 16.5. The summed E-state index contributed by atoms with van der Waals surface area (Å²) in [5.74, 6) is 5.14. The zero-order chi connectivity index (χ0) is 22.2. The Morgan fingerprint density at radius 1 is 1.10 bits per heavy atom. The Morgan fingerprint density at radius 2 is 1.81 bits per heavy atom. The Balaban J connectivity index is 1.54. The molecule has 0 saturated carbocycles. The van der Waals surface area contributed by atoms with Crippen molar-refractivity contribution in [2.45, 2.75) is 19.1 Å². The van der Waals surface area contributed by atoms with Crippen molar-refractivity contribution in [3.05, 3.63) is 54.1 Å². The minimum atomic E-state index is -1.23. The number of urea groups is 1. The summed E-state index contributed by atoms with van der Waals surface area (Å²) in [6.07, 6.45) is 3.66. The lowest BCUT2D eigenvalue weighted by Crippen LogP contribution is -2.58. The zero-order valence-corrected chi connectivity index (χ0v) is 17.0. The maximum atomic E-state index is 12.4. The lowest BCUT2D eigenvalue weighted by Gasteiger charge is -2.36. The number of anilines is 1. The highest BCUT2D eigenvalue weighted by Gasteiger charge is 2.29. The van der Waals surface area contributed by atoms with Gasteiger partial charge in [0.1, 0.15) is 11.7 Å². The van der Waals surface area contributed by atoms with Gasteiger partial charge in [-0.05, 0) is 37.1 Å². The fourth-order valence-corrected chi connectivity index (χ4v) is 3.12. The van der Waals surface area contributed by atoms with Gasteiger partial charge in [-0.3, -0.25) is 15.0 Å². The number of rotatable bonds is 4. The maximum Gasteiger partial charge on any atom is 0.318 e. The van der Waals surface area contributed by atoms with Crippen LogP contribution in [0, 0.1) is 11.8 Å². The lowest BCUT2D eigenvalue weighted by molar-refractivity contribution is -0.133. The molecule has 1 aliphatic heterocycles. The molecule has 1 fully saturated rings. The molecule has 1 aliphatic rings. The lowest BCUT2D eigenvalue weighted by atomic mass is 10.1. The molecule has 10 nitrogen and oxygen atoms in total. The van der Waals surface area contributed by atoms with Crippen molar-refractivity contribution in [1.82, 2.24) is 25.7 Å². The van der Waals surface area contributed by atoms with Crippen molar-refractivity contribution >= 4 is 17.6 Å². The van der Waals surface area contributed by atoms with E-state index in [1.165, 1.54) is 12.4 Å². The number of aromatic nitrogens is 2. The number of benzene rings is 1. The number of hydrogen-bond donors (Lipinski definition) is 4. The Labute approximate surface area is 179 Å². The highest BCUT2D eigenvalue weighted by molar-refractivity contribution is 5.87. The van der Waals surface area contributed by atoms with E-state index in [9.17, 15) is 14.7 Å². The SMILES string of the molecule is C[C@@H](O)[C@@H](NC(=O)N1CCN(c2ccc(C#Cc3cnccn3)cc2)CC1)C(=O)NO. The van der Waals surface area contributed by atoms with Gasteiger partial charge in [0.2, 0.25) is 0 Å². The molecule has 0 radical (unpaired) electrons. The summed E-state index contributed by atoms with van der Waals surface area (Å²) >= 11 is 0. The summed E-state index contributed by atoms with van der Waals surface area (Å²) < 4.78 is 0. The standard InChI is InChI=1S/C21H24N6O4/c1-15(28)19(20(29)25-31)24-21(30)27-12-10-26(11-13-27)18-6-3-16(4-7-18)2-5-17-14-22-8-9-23-17/h3-4,6-9,14-15,19,28,31H,10-13H2,1H3,(H,24,30)(H,25,29)/t15-,19-/m1/s1. The van der Waals surface area contributed by atoms with Gasteiger partial charge in [-0.2, -0.15) is 0 Å². The summed E-state index contributed by atoms with van der Waals surface area (Å²) in [5, 5.41) is 20.8. The summed E-state index contributed by atoms with van der Waals surface area (Å²) in [5.41, 5.74) is 3.94. The molecule has 1 aromatic carbocycles. The predicted octanol–water partition coefficient (Wildman–Crippen LogP) is -0.0372. The third-order valence-corrected chi connectivity index (χ3v) is 4.85. The van der Waals surface area contributed by atoms with Crippen molar-refractivity contribution in [2.75, 3.05) is 31.1 Å². The number of nitrogens with zero attached hydrogens (tertiary/aromatic N) is 4. The van der Waals surface area contributed by atoms with E-state index in [1.807, 2.05) is 24.3 Å². The number of hydroxylamine groups is 1. The third kappa shape index (κ3) is 5.91. The topological polar surface area (TPSA) is 131 Å². The number of carbonyl (C=O) groups excluding carboxylic acids is 2. The van der Waals surface area contributed by atoms with Crippen LogP contribution in [-0.4, -0.2) is 75.4 Å². The number of amides is 3. The molecule has 0 unspecified atom stereocenters. The van der Waals surface area contributed by atoms with Crippen LogP contribution in [0.25, 0.3) is 0 Å². The Bertz CT molecular complexity index is 947. The van der Waals surface area contributed by atoms with Crippen molar-refractivity contribution < 1.29 is 19.9 Å². The van der Waals surface area contributed by atoms with Crippen LogP contribution in [0.5, 0.6) is 0 Å². The first-order valence-electron chi connectivity index (χ1n) is 9.78. The first-order chi connectivity index (χ1) is 15.0. The molecule has 3 rings (SSSR count). The van der Waals surface area contributed by atoms with E-state index in [0.717, 1.165) is 11.3 Å². The molecule has 1 saturated heterocycles. The second kappa shape index (κ2) is 10.4. The first-order valence-corrected chi connectivity index (χ1v) is 9.78. The molecule has 10 heteroatoms. The molecule has 4 N–H and O–H groups in total.